The molecule has 2 atom stereocenters. The Morgan fingerprint density at radius 2 is 2.50 bits per heavy atom. The number of Topliss-reactive ketones (excluding diaryl/α,β-unsaturated/α-hetero) is 1. The molecular weight excluding hydrogens is 235 g/mol. The summed E-state index contributed by atoms with van der Waals surface area (Å²) in [4.78, 5) is 11.5. The normalized spacial score (nSPS) is 32.1. The first-order valence-corrected chi connectivity index (χ1v) is 5.02. The largest absolute Gasteiger partial charge is 0.294 e. The highest BCUT2D eigenvalue weighted by Crippen LogP contribution is 2.39. The predicted molar refractivity (Wildman–Crippen MR) is 48.7 cm³/mol. The maximum atomic E-state index is 10.8. The lowest BCUT2D eigenvalue weighted by Crippen LogP contribution is -1.99. The van der Waals surface area contributed by atoms with Gasteiger partial charge in [-0.3, -0.25) is 4.79 Å². The van der Waals surface area contributed by atoms with Gasteiger partial charge >= 0.3 is 0 Å². The Kier molecular flexibility index (Phi) is 2.83. The third-order valence-corrected chi connectivity index (χ3v) is 4.31. The SMILES string of the molecule is CC(=O)C1=CC(Cl)C(Br)S1. The first-order chi connectivity index (χ1) is 4.61. The number of rotatable bonds is 1. The highest BCUT2D eigenvalue weighted by atomic mass is 79.9. The van der Waals surface area contributed by atoms with Crippen molar-refractivity contribution in [1.29, 1.82) is 0 Å². The summed E-state index contributed by atoms with van der Waals surface area (Å²) in [7, 11) is 0. The molecule has 0 N–H and O–H groups in total. The lowest BCUT2D eigenvalue weighted by molar-refractivity contribution is -0.112. The smallest absolute Gasteiger partial charge is 0.165 e. The van der Waals surface area contributed by atoms with Gasteiger partial charge in [0.15, 0.2) is 5.78 Å². The molecule has 0 aromatic heterocycles. The monoisotopic (exact) mass is 240 g/mol. The highest BCUT2D eigenvalue weighted by Gasteiger charge is 2.25. The molecule has 4 heteroatoms. The van der Waals surface area contributed by atoms with E-state index >= 15 is 0 Å². The summed E-state index contributed by atoms with van der Waals surface area (Å²) in [5, 5.41) is -0.0519. The minimum absolute atomic E-state index is 0.0519. The Balaban J connectivity index is 2.67. The first-order valence-electron chi connectivity index (χ1n) is 2.79. The van der Waals surface area contributed by atoms with Crippen molar-refractivity contribution in [2.45, 2.75) is 16.5 Å². The molecule has 0 spiro atoms. The molecule has 0 amide bonds. The summed E-state index contributed by atoms with van der Waals surface area (Å²) in [6, 6.07) is 0. The fourth-order valence-corrected chi connectivity index (χ4v) is 2.60. The molecule has 0 saturated carbocycles. The summed E-state index contributed by atoms with van der Waals surface area (Å²) in [6.45, 7) is 1.55. The van der Waals surface area contributed by atoms with Crippen LogP contribution in [0.1, 0.15) is 6.92 Å². The third kappa shape index (κ3) is 1.77. The third-order valence-electron chi connectivity index (χ3n) is 1.15. The lowest BCUT2D eigenvalue weighted by Gasteiger charge is -2.00. The van der Waals surface area contributed by atoms with Gasteiger partial charge in [-0.25, -0.2) is 0 Å². The van der Waals surface area contributed by atoms with Crippen LogP contribution < -0.4 is 0 Å². The average molecular weight is 242 g/mol. The van der Waals surface area contributed by atoms with Crippen LogP contribution in [0.5, 0.6) is 0 Å². The first kappa shape index (κ1) is 8.62. The summed E-state index contributed by atoms with van der Waals surface area (Å²) in [5.74, 6) is 0.0950. The molecule has 1 nitrogen and oxygen atoms in total. The van der Waals surface area contributed by atoms with E-state index in [2.05, 4.69) is 15.9 Å². The molecule has 0 saturated heterocycles. The van der Waals surface area contributed by atoms with Gasteiger partial charge in [-0.15, -0.1) is 23.4 Å². The van der Waals surface area contributed by atoms with Crippen LogP contribution in [-0.4, -0.2) is 15.3 Å². The minimum atomic E-state index is -0.0519. The minimum Gasteiger partial charge on any atom is -0.294 e. The summed E-state index contributed by atoms with van der Waals surface area (Å²) in [5.41, 5.74) is 0. The molecule has 0 aliphatic carbocycles. The topological polar surface area (TPSA) is 17.1 Å². The summed E-state index contributed by atoms with van der Waals surface area (Å²) >= 11 is 10.6. The van der Waals surface area contributed by atoms with Crippen molar-refractivity contribution < 1.29 is 4.79 Å². The second-order valence-corrected chi connectivity index (χ2v) is 5.28. The average Bonchev–Trinajstić information content (AvgIpc) is 2.13. The number of alkyl halides is 2. The Bertz CT molecular complexity index is 192. The zero-order valence-electron chi connectivity index (χ0n) is 5.30. The van der Waals surface area contributed by atoms with Crippen molar-refractivity contribution in [3.63, 3.8) is 0 Å². The molecule has 1 aliphatic rings. The van der Waals surface area contributed by atoms with Crippen LogP contribution in [0.25, 0.3) is 0 Å². The molecule has 2 unspecified atom stereocenters. The molecular formula is C6H6BrClOS. The van der Waals surface area contributed by atoms with Gasteiger partial charge < -0.3 is 0 Å². The molecule has 0 radical (unpaired) electrons. The van der Waals surface area contributed by atoms with Gasteiger partial charge in [0.05, 0.1) is 9.54 Å². The van der Waals surface area contributed by atoms with E-state index in [9.17, 15) is 4.79 Å². The van der Waals surface area contributed by atoms with Crippen molar-refractivity contribution in [2.24, 2.45) is 0 Å². The number of hydrogen-bond donors (Lipinski definition) is 0. The number of hydrogen-bond acceptors (Lipinski definition) is 2. The van der Waals surface area contributed by atoms with Crippen LogP contribution in [0.4, 0.5) is 0 Å². The van der Waals surface area contributed by atoms with Crippen LogP contribution in [0, 0.1) is 0 Å². The van der Waals surface area contributed by atoms with E-state index in [4.69, 9.17) is 11.6 Å². The van der Waals surface area contributed by atoms with Crippen LogP contribution in [-0.2, 0) is 4.79 Å². The number of carbonyl (C=O) groups excluding carboxylic acids is 1. The quantitative estimate of drug-likeness (QED) is 0.656. The van der Waals surface area contributed by atoms with E-state index < -0.39 is 0 Å². The Hall–Kier alpha value is 0.530. The summed E-state index contributed by atoms with van der Waals surface area (Å²) in [6.07, 6.45) is 1.79. The van der Waals surface area contributed by atoms with Gasteiger partial charge in [0, 0.05) is 4.91 Å². The van der Waals surface area contributed by atoms with E-state index in [0.29, 0.717) is 0 Å². The van der Waals surface area contributed by atoms with E-state index in [-0.39, 0.29) is 15.3 Å². The summed E-state index contributed by atoms with van der Waals surface area (Å²) < 4.78 is 0.160. The highest BCUT2D eigenvalue weighted by molar-refractivity contribution is 9.11. The van der Waals surface area contributed by atoms with E-state index in [1.165, 1.54) is 11.8 Å². The molecule has 0 aromatic rings. The zero-order chi connectivity index (χ0) is 7.72. The van der Waals surface area contributed by atoms with E-state index in [1.807, 2.05) is 0 Å². The maximum absolute atomic E-state index is 10.8. The fraction of sp³-hybridized carbons (Fsp3) is 0.500. The van der Waals surface area contributed by atoms with Crippen molar-refractivity contribution in [1.82, 2.24) is 0 Å². The molecule has 56 valence electrons. The van der Waals surface area contributed by atoms with Gasteiger partial charge in [0.1, 0.15) is 0 Å². The number of allylic oxidation sites excluding steroid dienone is 2. The van der Waals surface area contributed by atoms with Gasteiger partial charge in [0.25, 0.3) is 0 Å². The fourth-order valence-electron chi connectivity index (χ4n) is 0.646. The van der Waals surface area contributed by atoms with Gasteiger partial charge in [-0.2, -0.15) is 0 Å². The van der Waals surface area contributed by atoms with Crippen LogP contribution in [0.2, 0.25) is 0 Å². The van der Waals surface area contributed by atoms with Gasteiger partial charge in [-0.1, -0.05) is 15.9 Å². The lowest BCUT2D eigenvalue weighted by atomic mass is 10.3. The van der Waals surface area contributed by atoms with Crippen LogP contribution >= 0.6 is 39.3 Å². The Labute approximate surface area is 77.3 Å². The number of thioether (sulfide) groups is 1. The standard InChI is InChI=1S/C6H6BrClOS/c1-3(9)5-2-4(8)6(7)10-5/h2,4,6H,1H3. The molecule has 1 heterocycles. The van der Waals surface area contributed by atoms with Crippen molar-refractivity contribution in [3.8, 4) is 0 Å². The second kappa shape index (κ2) is 3.28. The van der Waals surface area contributed by atoms with Crippen LogP contribution in [0.15, 0.2) is 11.0 Å². The maximum Gasteiger partial charge on any atom is 0.165 e. The Morgan fingerprint density at radius 3 is 2.70 bits per heavy atom. The zero-order valence-corrected chi connectivity index (χ0v) is 8.46. The van der Waals surface area contributed by atoms with Crippen LogP contribution in [0.3, 0.4) is 0 Å². The molecule has 0 aromatic carbocycles. The van der Waals surface area contributed by atoms with Crippen molar-refractivity contribution >= 4 is 45.1 Å². The van der Waals surface area contributed by atoms with Crippen molar-refractivity contribution in [2.75, 3.05) is 0 Å². The molecule has 0 bridgehead atoms. The number of carbonyl (C=O) groups is 1. The van der Waals surface area contributed by atoms with E-state index in [1.54, 1.807) is 13.0 Å². The molecule has 1 aliphatic heterocycles. The van der Waals surface area contributed by atoms with E-state index in [0.717, 1.165) is 4.91 Å². The second-order valence-electron chi connectivity index (χ2n) is 2.00. The van der Waals surface area contributed by atoms with Gasteiger partial charge in [-0.05, 0) is 13.0 Å². The molecule has 0 fully saturated rings. The predicted octanol–water partition coefficient (Wildman–Crippen LogP) is 2.53. The number of halogens is 2. The Morgan fingerprint density at radius 1 is 1.90 bits per heavy atom. The molecule has 1 rings (SSSR count). The van der Waals surface area contributed by atoms with Gasteiger partial charge in [0.2, 0.25) is 0 Å². The molecule has 10 heavy (non-hydrogen) atoms. The van der Waals surface area contributed by atoms with Crippen molar-refractivity contribution in [3.05, 3.63) is 11.0 Å². The number of ketones is 1.